The van der Waals surface area contributed by atoms with Gasteiger partial charge < -0.3 is 10.0 Å². The molecule has 0 aliphatic carbocycles. The second kappa shape index (κ2) is 8.46. The normalized spacial score (nSPS) is 12.6. The summed E-state index contributed by atoms with van der Waals surface area (Å²) in [6, 6.07) is 15.9. The molecule has 0 saturated heterocycles. The Morgan fingerprint density at radius 3 is 2.48 bits per heavy atom. The van der Waals surface area contributed by atoms with Gasteiger partial charge in [-0.3, -0.25) is 9.78 Å². The topological polar surface area (TPSA) is 54.0 Å². The van der Waals surface area contributed by atoms with Crippen LogP contribution in [0.5, 0.6) is 0 Å². The fourth-order valence-corrected chi connectivity index (χ4v) is 3.68. The monoisotopic (exact) mass is 407 g/mol. The number of hydrogen-bond acceptors (Lipinski definition) is 4. The van der Waals surface area contributed by atoms with Gasteiger partial charge in [0.1, 0.15) is 0 Å². The predicted octanol–water partition coefficient (Wildman–Crippen LogP) is 6.02. The van der Waals surface area contributed by atoms with Crippen LogP contribution >= 0.6 is 11.9 Å². The maximum Gasteiger partial charge on any atom is 0.251 e. The zero-order chi connectivity index (χ0) is 21.2. The second-order valence-corrected chi connectivity index (χ2v) is 9.04. The fraction of sp³-hybridized carbons (Fsp3) is 0.333. The Morgan fingerprint density at radius 2 is 1.83 bits per heavy atom. The number of nitrogens with one attached hydrogen (secondary N) is 2. The Hall–Kier alpha value is -2.53. The molecule has 0 saturated carbocycles. The highest BCUT2D eigenvalue weighted by Crippen LogP contribution is 2.25. The Bertz CT molecular complexity index is 1040. The first kappa shape index (κ1) is 21.2. The van der Waals surface area contributed by atoms with Crippen LogP contribution in [0.3, 0.4) is 0 Å². The summed E-state index contributed by atoms with van der Waals surface area (Å²) in [6.45, 7) is 10.5. The molecule has 0 bridgehead atoms. The number of rotatable bonds is 5. The summed E-state index contributed by atoms with van der Waals surface area (Å²) in [4.78, 5) is 17.6. The Balaban J connectivity index is 1.77. The van der Waals surface area contributed by atoms with E-state index in [-0.39, 0.29) is 17.4 Å². The van der Waals surface area contributed by atoms with Crippen molar-refractivity contribution in [2.24, 2.45) is 0 Å². The summed E-state index contributed by atoms with van der Waals surface area (Å²) < 4.78 is 3.26. The van der Waals surface area contributed by atoms with Crippen molar-refractivity contribution in [1.82, 2.24) is 10.3 Å². The van der Waals surface area contributed by atoms with Gasteiger partial charge in [-0.15, -0.1) is 0 Å². The molecule has 0 fully saturated rings. The van der Waals surface area contributed by atoms with E-state index in [9.17, 15) is 4.79 Å². The zero-order valence-corrected chi connectivity index (χ0v) is 18.8. The number of aromatic nitrogens is 1. The van der Waals surface area contributed by atoms with Crippen LogP contribution < -0.4 is 10.0 Å². The lowest BCUT2D eigenvalue weighted by molar-refractivity contribution is 0.0940. The summed E-state index contributed by atoms with van der Waals surface area (Å²) in [5.41, 5.74) is 5.94. The van der Waals surface area contributed by atoms with E-state index in [2.05, 4.69) is 55.9 Å². The van der Waals surface area contributed by atoms with Crippen LogP contribution in [-0.4, -0.2) is 17.1 Å². The average molecular weight is 408 g/mol. The van der Waals surface area contributed by atoms with Gasteiger partial charge >= 0.3 is 0 Å². The van der Waals surface area contributed by atoms with E-state index >= 15 is 0 Å². The standard InChI is InChI=1S/C24H29N3OS/c1-15-13-17(7-10-20(15)27-29-6)16(2)25-23(28)19-8-11-21-18(14-19)9-12-22(26-21)24(3,4)5/h7-14,16,27H,1-6H3,(H,25,28). The van der Waals surface area contributed by atoms with Gasteiger partial charge in [-0.2, -0.15) is 0 Å². The molecule has 29 heavy (non-hydrogen) atoms. The van der Waals surface area contributed by atoms with Crippen LogP contribution in [0.2, 0.25) is 0 Å². The van der Waals surface area contributed by atoms with Gasteiger partial charge in [-0.25, -0.2) is 0 Å². The molecule has 4 nitrogen and oxygen atoms in total. The highest BCUT2D eigenvalue weighted by atomic mass is 32.2. The predicted molar refractivity (Wildman–Crippen MR) is 125 cm³/mol. The van der Waals surface area contributed by atoms with Crippen LogP contribution in [0.15, 0.2) is 48.5 Å². The molecule has 0 radical (unpaired) electrons. The van der Waals surface area contributed by atoms with Crippen LogP contribution in [-0.2, 0) is 5.41 Å². The third-order valence-electron chi connectivity index (χ3n) is 5.03. The van der Waals surface area contributed by atoms with Gasteiger partial charge in [0, 0.05) is 34.0 Å². The zero-order valence-electron chi connectivity index (χ0n) is 18.0. The molecule has 3 aromatic rings. The van der Waals surface area contributed by atoms with E-state index in [1.165, 1.54) is 0 Å². The molecule has 0 spiro atoms. The third kappa shape index (κ3) is 4.91. The molecule has 3 rings (SSSR count). The summed E-state index contributed by atoms with van der Waals surface area (Å²) >= 11 is 1.57. The van der Waals surface area contributed by atoms with Crippen molar-refractivity contribution < 1.29 is 4.79 Å². The van der Waals surface area contributed by atoms with E-state index in [1.54, 1.807) is 11.9 Å². The van der Waals surface area contributed by atoms with Crippen molar-refractivity contribution in [2.45, 2.75) is 46.1 Å². The summed E-state index contributed by atoms with van der Waals surface area (Å²) in [6.07, 6.45) is 2.00. The number of hydrogen-bond donors (Lipinski definition) is 2. The lowest BCUT2D eigenvalue weighted by Gasteiger charge is -2.18. The SMILES string of the molecule is CSNc1ccc(C(C)NC(=O)c2ccc3nc(C(C)(C)C)ccc3c2)cc1C. The lowest BCUT2D eigenvalue weighted by atomic mass is 9.91. The minimum absolute atomic E-state index is 0.00130. The van der Waals surface area contributed by atoms with E-state index in [1.807, 2.05) is 43.5 Å². The number of aryl methyl sites for hydroxylation is 1. The average Bonchev–Trinajstić information content (AvgIpc) is 2.68. The number of fused-ring (bicyclic) bond motifs is 1. The van der Waals surface area contributed by atoms with Crippen LogP contribution in [0.25, 0.3) is 10.9 Å². The largest absolute Gasteiger partial charge is 0.346 e. The molecule has 0 aliphatic heterocycles. The summed E-state index contributed by atoms with van der Waals surface area (Å²) in [5, 5.41) is 4.08. The highest BCUT2D eigenvalue weighted by Gasteiger charge is 2.17. The first-order valence-corrected chi connectivity index (χ1v) is 11.0. The van der Waals surface area contributed by atoms with Crippen molar-refractivity contribution >= 4 is 34.4 Å². The molecule has 1 heterocycles. The lowest BCUT2D eigenvalue weighted by Crippen LogP contribution is -2.26. The van der Waals surface area contributed by atoms with Gasteiger partial charge in [0.25, 0.3) is 5.91 Å². The van der Waals surface area contributed by atoms with Gasteiger partial charge in [0.2, 0.25) is 0 Å². The molecule has 1 unspecified atom stereocenters. The van der Waals surface area contributed by atoms with Gasteiger partial charge in [-0.05, 0) is 55.3 Å². The smallest absolute Gasteiger partial charge is 0.251 e. The van der Waals surface area contributed by atoms with E-state index in [0.29, 0.717) is 5.56 Å². The van der Waals surface area contributed by atoms with Crippen molar-refractivity contribution in [3.05, 3.63) is 70.9 Å². The maximum atomic E-state index is 12.8. The third-order valence-corrected chi connectivity index (χ3v) is 5.45. The maximum absolute atomic E-state index is 12.8. The highest BCUT2D eigenvalue weighted by molar-refractivity contribution is 7.99. The molecular weight excluding hydrogens is 378 g/mol. The molecule has 1 amide bonds. The fourth-order valence-electron chi connectivity index (χ4n) is 3.23. The van der Waals surface area contributed by atoms with Crippen LogP contribution in [0.4, 0.5) is 5.69 Å². The number of carbonyl (C=O) groups excluding carboxylic acids is 1. The number of benzene rings is 2. The number of carbonyl (C=O) groups is 1. The van der Waals surface area contributed by atoms with Crippen molar-refractivity contribution in [3.8, 4) is 0 Å². The van der Waals surface area contributed by atoms with Crippen LogP contribution in [0, 0.1) is 6.92 Å². The van der Waals surface area contributed by atoms with Gasteiger partial charge in [0.15, 0.2) is 0 Å². The van der Waals surface area contributed by atoms with Gasteiger partial charge in [-0.1, -0.05) is 50.9 Å². The van der Waals surface area contributed by atoms with Crippen molar-refractivity contribution in [1.29, 1.82) is 0 Å². The van der Waals surface area contributed by atoms with E-state index in [4.69, 9.17) is 4.98 Å². The molecule has 2 aromatic carbocycles. The summed E-state index contributed by atoms with van der Waals surface area (Å²) in [7, 11) is 0. The number of pyridine rings is 1. The Labute approximate surface area is 177 Å². The van der Waals surface area contributed by atoms with E-state index < -0.39 is 0 Å². The number of nitrogens with zero attached hydrogens (tertiary/aromatic N) is 1. The first-order valence-electron chi connectivity index (χ1n) is 9.81. The molecule has 5 heteroatoms. The Morgan fingerprint density at radius 1 is 1.07 bits per heavy atom. The minimum atomic E-state index is -0.0818. The molecule has 1 aromatic heterocycles. The van der Waals surface area contributed by atoms with Crippen molar-refractivity contribution in [2.75, 3.05) is 11.0 Å². The van der Waals surface area contributed by atoms with E-state index in [0.717, 1.165) is 33.4 Å². The first-order chi connectivity index (χ1) is 13.7. The minimum Gasteiger partial charge on any atom is -0.346 e. The van der Waals surface area contributed by atoms with Crippen LogP contribution in [0.1, 0.15) is 60.9 Å². The Kier molecular flexibility index (Phi) is 6.18. The molecule has 1 atom stereocenters. The van der Waals surface area contributed by atoms with Gasteiger partial charge in [0.05, 0.1) is 11.6 Å². The number of anilines is 1. The second-order valence-electron chi connectivity index (χ2n) is 8.43. The molecule has 152 valence electrons. The summed E-state index contributed by atoms with van der Waals surface area (Å²) in [5.74, 6) is -0.0803. The molecule has 0 aliphatic rings. The van der Waals surface area contributed by atoms with Crippen molar-refractivity contribution in [3.63, 3.8) is 0 Å². The molecule has 2 N–H and O–H groups in total. The quantitative estimate of drug-likeness (QED) is 0.508. The number of amides is 1. The molecular formula is C24H29N3OS.